The predicted octanol–water partition coefficient (Wildman–Crippen LogP) is 2.11. The van der Waals surface area contributed by atoms with Crippen molar-refractivity contribution in [3.63, 3.8) is 0 Å². The van der Waals surface area contributed by atoms with Crippen molar-refractivity contribution in [3.8, 4) is 11.6 Å². The minimum atomic E-state index is -1.07. The first-order chi connectivity index (χ1) is 11.0. The lowest BCUT2D eigenvalue weighted by molar-refractivity contribution is -0.140. The summed E-state index contributed by atoms with van der Waals surface area (Å²) < 4.78 is 5.50. The number of nitrogens with zero attached hydrogens (tertiary/aromatic N) is 2. The van der Waals surface area contributed by atoms with Crippen molar-refractivity contribution in [2.75, 3.05) is 0 Å². The van der Waals surface area contributed by atoms with E-state index in [-0.39, 0.29) is 5.92 Å². The Kier molecular flexibility index (Phi) is 5.24. The van der Waals surface area contributed by atoms with Crippen LogP contribution in [0.4, 0.5) is 0 Å². The number of nitrogens with one attached hydrogen (secondary N) is 1. The van der Waals surface area contributed by atoms with Crippen molar-refractivity contribution in [1.82, 2.24) is 15.3 Å². The van der Waals surface area contributed by atoms with E-state index in [0.717, 1.165) is 0 Å². The third-order valence-corrected chi connectivity index (χ3v) is 3.08. The highest BCUT2D eigenvalue weighted by molar-refractivity contribution is 5.96. The van der Waals surface area contributed by atoms with Gasteiger partial charge in [0, 0.05) is 18.0 Å². The van der Waals surface area contributed by atoms with Crippen molar-refractivity contribution in [1.29, 1.82) is 0 Å². The molecule has 1 aromatic carbocycles. The maximum atomic E-state index is 12.2. The Morgan fingerprint density at radius 3 is 2.65 bits per heavy atom. The zero-order valence-electron chi connectivity index (χ0n) is 12.8. The van der Waals surface area contributed by atoms with E-state index in [0.29, 0.717) is 17.2 Å². The van der Waals surface area contributed by atoms with Crippen molar-refractivity contribution in [2.45, 2.75) is 19.9 Å². The molecule has 0 saturated carbocycles. The molecule has 0 bridgehead atoms. The summed E-state index contributed by atoms with van der Waals surface area (Å²) in [6, 6.07) is 5.46. The van der Waals surface area contributed by atoms with Crippen molar-refractivity contribution in [2.24, 2.45) is 5.92 Å². The monoisotopic (exact) mass is 315 g/mol. The van der Waals surface area contributed by atoms with Gasteiger partial charge in [-0.05, 0) is 24.1 Å². The molecule has 1 aromatic heterocycles. The van der Waals surface area contributed by atoms with Gasteiger partial charge in [0.1, 0.15) is 11.8 Å². The molecule has 1 unspecified atom stereocenters. The molecule has 0 spiro atoms. The lowest BCUT2D eigenvalue weighted by atomic mass is 10.0. The fraction of sp³-hybridized carbons (Fsp3) is 0.250. The highest BCUT2D eigenvalue weighted by atomic mass is 16.5. The van der Waals surface area contributed by atoms with E-state index in [1.165, 1.54) is 24.7 Å². The molecule has 0 aliphatic carbocycles. The van der Waals surface area contributed by atoms with Crippen molar-refractivity contribution in [3.05, 3.63) is 48.4 Å². The van der Waals surface area contributed by atoms with Crippen LogP contribution < -0.4 is 10.1 Å². The van der Waals surface area contributed by atoms with Gasteiger partial charge >= 0.3 is 5.97 Å². The van der Waals surface area contributed by atoms with Gasteiger partial charge in [0.05, 0.1) is 6.20 Å². The van der Waals surface area contributed by atoms with Gasteiger partial charge in [0.2, 0.25) is 5.88 Å². The normalized spacial score (nSPS) is 11.8. The summed E-state index contributed by atoms with van der Waals surface area (Å²) in [5, 5.41) is 11.6. The fourth-order valence-electron chi connectivity index (χ4n) is 1.90. The number of carboxylic acids is 1. The number of aliphatic carboxylic acids is 1. The second-order valence-electron chi connectivity index (χ2n) is 5.21. The second kappa shape index (κ2) is 7.35. The topological polar surface area (TPSA) is 101 Å². The van der Waals surface area contributed by atoms with Gasteiger partial charge in [-0.15, -0.1) is 0 Å². The smallest absolute Gasteiger partial charge is 0.326 e. The Bertz CT molecular complexity index is 689. The third kappa shape index (κ3) is 4.50. The van der Waals surface area contributed by atoms with Crippen LogP contribution in [0.1, 0.15) is 24.2 Å². The summed E-state index contributed by atoms with van der Waals surface area (Å²) in [4.78, 5) is 31.2. The molecule has 120 valence electrons. The van der Waals surface area contributed by atoms with E-state index in [1.54, 1.807) is 32.0 Å². The Hall–Kier alpha value is -2.96. The number of rotatable bonds is 6. The summed E-state index contributed by atoms with van der Waals surface area (Å²) in [5.74, 6) is -1.06. The van der Waals surface area contributed by atoms with Crippen LogP contribution in [0.5, 0.6) is 11.6 Å². The molecule has 7 heteroatoms. The van der Waals surface area contributed by atoms with E-state index >= 15 is 0 Å². The molecule has 0 radical (unpaired) electrons. The van der Waals surface area contributed by atoms with Crippen LogP contribution in [0.3, 0.4) is 0 Å². The SMILES string of the molecule is CC(C)C(NC(=O)c1cccc(Oc2cnccn2)c1)C(=O)O. The van der Waals surface area contributed by atoms with E-state index < -0.39 is 17.9 Å². The summed E-state index contributed by atoms with van der Waals surface area (Å²) in [6.45, 7) is 3.46. The molecular formula is C16H17N3O4. The quantitative estimate of drug-likeness (QED) is 0.846. The molecule has 0 fully saturated rings. The van der Waals surface area contributed by atoms with E-state index in [1.807, 2.05) is 0 Å². The van der Waals surface area contributed by atoms with E-state index in [2.05, 4.69) is 15.3 Å². The first-order valence-corrected chi connectivity index (χ1v) is 7.05. The number of hydrogen-bond acceptors (Lipinski definition) is 5. The standard InChI is InChI=1S/C16H17N3O4/c1-10(2)14(16(21)22)19-15(20)11-4-3-5-12(8-11)23-13-9-17-6-7-18-13/h3-10,14H,1-2H3,(H,19,20)(H,21,22). The third-order valence-electron chi connectivity index (χ3n) is 3.08. The van der Waals surface area contributed by atoms with Crippen molar-refractivity contribution >= 4 is 11.9 Å². The molecular weight excluding hydrogens is 298 g/mol. The molecule has 2 rings (SSSR count). The average molecular weight is 315 g/mol. The van der Waals surface area contributed by atoms with E-state index in [4.69, 9.17) is 9.84 Å². The molecule has 2 aromatic rings. The first kappa shape index (κ1) is 16.4. The van der Waals surface area contributed by atoms with Crippen molar-refractivity contribution < 1.29 is 19.4 Å². The Morgan fingerprint density at radius 1 is 1.26 bits per heavy atom. The van der Waals surface area contributed by atoms with Crippen LogP contribution in [0.2, 0.25) is 0 Å². The van der Waals surface area contributed by atoms with Crippen LogP contribution in [-0.4, -0.2) is 33.0 Å². The molecule has 0 saturated heterocycles. The Balaban J connectivity index is 2.12. The number of aromatic nitrogens is 2. The Labute approximate surface area is 133 Å². The number of carbonyl (C=O) groups excluding carboxylic acids is 1. The van der Waals surface area contributed by atoms with Crippen LogP contribution in [0.25, 0.3) is 0 Å². The predicted molar refractivity (Wildman–Crippen MR) is 82.3 cm³/mol. The maximum absolute atomic E-state index is 12.2. The van der Waals surface area contributed by atoms with E-state index in [9.17, 15) is 9.59 Å². The molecule has 0 aliphatic heterocycles. The van der Waals surface area contributed by atoms with Gasteiger partial charge in [0.25, 0.3) is 5.91 Å². The minimum absolute atomic E-state index is 0.226. The maximum Gasteiger partial charge on any atom is 0.326 e. The van der Waals surface area contributed by atoms with Crippen LogP contribution in [0.15, 0.2) is 42.9 Å². The van der Waals surface area contributed by atoms with Gasteiger partial charge in [-0.3, -0.25) is 9.78 Å². The molecule has 1 atom stereocenters. The van der Waals surface area contributed by atoms with Crippen LogP contribution in [0, 0.1) is 5.92 Å². The number of ether oxygens (including phenoxy) is 1. The highest BCUT2D eigenvalue weighted by Gasteiger charge is 2.24. The first-order valence-electron chi connectivity index (χ1n) is 7.05. The van der Waals surface area contributed by atoms with Gasteiger partial charge in [-0.1, -0.05) is 19.9 Å². The molecule has 1 heterocycles. The second-order valence-corrected chi connectivity index (χ2v) is 5.21. The van der Waals surface area contributed by atoms with Gasteiger partial charge in [-0.25, -0.2) is 9.78 Å². The zero-order chi connectivity index (χ0) is 16.8. The number of benzene rings is 1. The van der Waals surface area contributed by atoms with Gasteiger partial charge < -0.3 is 15.2 Å². The summed E-state index contributed by atoms with van der Waals surface area (Å²) in [6.07, 6.45) is 4.46. The number of hydrogen-bond donors (Lipinski definition) is 2. The average Bonchev–Trinajstić information content (AvgIpc) is 2.53. The molecule has 2 N–H and O–H groups in total. The molecule has 7 nitrogen and oxygen atoms in total. The van der Waals surface area contributed by atoms with Crippen LogP contribution in [-0.2, 0) is 4.79 Å². The molecule has 0 aliphatic rings. The summed E-state index contributed by atoms with van der Waals surface area (Å²) in [5.41, 5.74) is 0.304. The summed E-state index contributed by atoms with van der Waals surface area (Å²) in [7, 11) is 0. The lowest BCUT2D eigenvalue weighted by Gasteiger charge is -2.18. The minimum Gasteiger partial charge on any atom is -0.480 e. The number of carboxylic acid groups (broad SMARTS) is 1. The zero-order valence-corrected chi connectivity index (χ0v) is 12.8. The summed E-state index contributed by atoms with van der Waals surface area (Å²) >= 11 is 0. The fourth-order valence-corrected chi connectivity index (χ4v) is 1.90. The largest absolute Gasteiger partial charge is 0.480 e. The van der Waals surface area contributed by atoms with Gasteiger partial charge in [-0.2, -0.15) is 0 Å². The van der Waals surface area contributed by atoms with Gasteiger partial charge in [0.15, 0.2) is 0 Å². The number of amides is 1. The molecule has 23 heavy (non-hydrogen) atoms. The highest BCUT2D eigenvalue weighted by Crippen LogP contribution is 2.19. The van der Waals surface area contributed by atoms with Crippen LogP contribution >= 0.6 is 0 Å². The number of carbonyl (C=O) groups is 2. The lowest BCUT2D eigenvalue weighted by Crippen LogP contribution is -2.44. The Morgan fingerprint density at radius 2 is 2.04 bits per heavy atom. The molecule has 1 amide bonds.